The number of hydrogen-bond donors (Lipinski definition) is 2. The van der Waals surface area contributed by atoms with Gasteiger partial charge in [-0.2, -0.15) is 11.8 Å². The van der Waals surface area contributed by atoms with Crippen molar-refractivity contribution in [2.45, 2.75) is 178 Å². The Hall–Kier alpha value is -3.81. The Morgan fingerprint density at radius 3 is 2.07 bits per heavy atom. The lowest BCUT2D eigenvalue weighted by atomic mass is 9.45. The van der Waals surface area contributed by atoms with Gasteiger partial charge in [-0.05, 0) is 85.4 Å². The predicted octanol–water partition coefficient (Wildman–Crippen LogP) is 9.26. The minimum absolute atomic E-state index is 0.124. The van der Waals surface area contributed by atoms with E-state index in [0.29, 0.717) is 28.7 Å². The number of fused-ring (bicyclic) bond motifs is 5. The molecule has 2 bridgehead atoms. The van der Waals surface area contributed by atoms with Crippen molar-refractivity contribution in [1.29, 1.82) is 0 Å². The van der Waals surface area contributed by atoms with Gasteiger partial charge in [-0.1, -0.05) is 104 Å². The van der Waals surface area contributed by atoms with Crippen LogP contribution in [0.3, 0.4) is 0 Å². The summed E-state index contributed by atoms with van der Waals surface area (Å²) in [5.41, 5.74) is -4.25. The zero-order valence-electron chi connectivity index (χ0n) is 41.5. The van der Waals surface area contributed by atoms with Crippen molar-refractivity contribution in [3.8, 4) is 0 Å². The molecule has 16 heteroatoms. The molecule has 2 saturated carbocycles. The fourth-order valence-electron chi connectivity index (χ4n) is 11.6. The average molecular weight is 978 g/mol. The summed E-state index contributed by atoms with van der Waals surface area (Å²) < 4.78 is 40.1. The monoisotopic (exact) mass is 977 g/mol. The molecule has 3 aliphatic carbocycles. The topological polar surface area (TPSA) is 173 Å². The van der Waals surface area contributed by atoms with Crippen molar-refractivity contribution in [2.75, 3.05) is 5.75 Å². The van der Waals surface area contributed by atoms with Crippen LogP contribution < -0.4 is 5.32 Å². The molecule has 7 rings (SSSR count). The van der Waals surface area contributed by atoms with Gasteiger partial charge in [-0.25, -0.2) is 9.59 Å². The van der Waals surface area contributed by atoms with Gasteiger partial charge >= 0.3 is 18.1 Å². The second-order valence-corrected chi connectivity index (χ2v) is 32.3. The van der Waals surface area contributed by atoms with E-state index < -0.39 is 111 Å². The minimum atomic E-state index is -2.84. The first-order valence-electron chi connectivity index (χ1n) is 23.9. The number of hydrogen-bond acceptors (Lipinski definition) is 13. The number of carbonyl (C=O) groups is 5. The summed E-state index contributed by atoms with van der Waals surface area (Å²) in [5.74, 6) is -3.23. The first-order chi connectivity index (χ1) is 31.3. The first kappa shape index (κ1) is 51.1. The van der Waals surface area contributed by atoms with Gasteiger partial charge in [0, 0.05) is 41.2 Å². The molecular formula is C51H71NO12SSi2. The van der Waals surface area contributed by atoms with Crippen molar-refractivity contribution in [1.82, 2.24) is 5.32 Å². The minimum Gasteiger partial charge on any atom is -0.456 e. The van der Waals surface area contributed by atoms with E-state index in [-0.39, 0.29) is 22.5 Å². The highest BCUT2D eigenvalue weighted by Gasteiger charge is 2.79. The van der Waals surface area contributed by atoms with Crippen molar-refractivity contribution in [3.63, 3.8) is 0 Å². The Kier molecular flexibility index (Phi) is 13.9. The fourth-order valence-corrected chi connectivity index (χ4v) is 17.1. The lowest BCUT2D eigenvalue weighted by Crippen LogP contribution is -2.79. The van der Waals surface area contributed by atoms with Gasteiger partial charge in [0.25, 0.3) is 5.91 Å². The van der Waals surface area contributed by atoms with E-state index in [0.717, 1.165) is 18.1 Å². The number of Topliss-reactive ketones (excluding diaryl/α,β-unsaturated/α-hetero) is 1. The van der Waals surface area contributed by atoms with E-state index in [4.69, 9.17) is 27.8 Å². The van der Waals surface area contributed by atoms with E-state index >= 15 is 9.59 Å². The van der Waals surface area contributed by atoms with Gasteiger partial charge < -0.3 is 38.2 Å². The van der Waals surface area contributed by atoms with Crippen molar-refractivity contribution in [2.24, 2.45) is 16.7 Å². The Labute approximate surface area is 402 Å². The van der Waals surface area contributed by atoms with Crippen LogP contribution in [0.5, 0.6) is 0 Å². The van der Waals surface area contributed by atoms with E-state index in [1.54, 1.807) is 49.9 Å². The van der Waals surface area contributed by atoms with Gasteiger partial charge in [0.2, 0.25) is 0 Å². The zero-order chi connectivity index (χ0) is 49.3. The van der Waals surface area contributed by atoms with Crippen LogP contribution in [0.4, 0.5) is 4.79 Å². The lowest BCUT2D eigenvalue weighted by molar-refractivity contribution is -0.224. The zero-order valence-corrected chi connectivity index (χ0v) is 44.3. The maximum atomic E-state index is 16.1. The molecule has 2 N–H and O–H groups in total. The van der Waals surface area contributed by atoms with Crippen LogP contribution in [0.1, 0.15) is 111 Å². The van der Waals surface area contributed by atoms with Crippen LogP contribution in [0.2, 0.25) is 36.3 Å². The third-order valence-electron chi connectivity index (χ3n) is 16.9. The van der Waals surface area contributed by atoms with Crippen LogP contribution in [-0.2, 0) is 42.2 Å². The van der Waals surface area contributed by atoms with Crippen molar-refractivity contribution < 1.29 is 56.9 Å². The molecular weight excluding hydrogens is 907 g/mol. The molecule has 13 nitrogen and oxygen atoms in total. The van der Waals surface area contributed by atoms with Crippen molar-refractivity contribution in [3.05, 3.63) is 82.9 Å². The van der Waals surface area contributed by atoms with E-state index in [1.807, 2.05) is 63.3 Å². The second kappa shape index (κ2) is 18.2. The fraction of sp³-hybridized carbons (Fsp3) is 0.627. The van der Waals surface area contributed by atoms with E-state index in [9.17, 15) is 19.5 Å². The molecule has 2 aromatic carbocycles. The first-order valence-corrected chi connectivity index (χ1v) is 30.4. The number of esters is 2. The summed E-state index contributed by atoms with van der Waals surface area (Å²) in [5, 5.41) is 15.4. The number of thioether (sulfide) groups is 1. The van der Waals surface area contributed by atoms with Gasteiger partial charge in [-0.15, -0.1) is 0 Å². The normalized spacial score (nSPS) is 32.1. The summed E-state index contributed by atoms with van der Waals surface area (Å²) >= 11 is 1.59. The Bertz CT molecular complexity index is 2270. The summed E-state index contributed by atoms with van der Waals surface area (Å²) in [6.45, 7) is 25.0. The van der Waals surface area contributed by atoms with Gasteiger partial charge in [0.05, 0.1) is 23.2 Å². The quantitative estimate of drug-likeness (QED) is 0.0795. The van der Waals surface area contributed by atoms with Gasteiger partial charge in [0.15, 0.2) is 46.3 Å². The molecule has 366 valence electrons. The predicted molar refractivity (Wildman–Crippen MR) is 260 cm³/mol. The van der Waals surface area contributed by atoms with Crippen LogP contribution in [-0.4, -0.2) is 104 Å². The largest absolute Gasteiger partial charge is 0.509 e. The molecule has 5 aliphatic rings. The Morgan fingerprint density at radius 2 is 1.54 bits per heavy atom. The molecule has 67 heavy (non-hydrogen) atoms. The molecule has 2 aromatic rings. The summed E-state index contributed by atoms with van der Waals surface area (Å²) in [6, 6.07) is 19.2. The number of amides is 1. The van der Waals surface area contributed by atoms with E-state index in [2.05, 4.69) is 46.9 Å². The summed E-state index contributed by atoms with van der Waals surface area (Å²) in [7, 11) is -5.28. The number of aliphatic hydroxyl groups is 1. The highest BCUT2D eigenvalue weighted by atomic mass is 32.2. The number of ketones is 1. The molecule has 2 aliphatic heterocycles. The SMILES string of the molecule is CC[Si](CC)(CC)O[C@H]1C[C@H]2SC[C@@]2(O)[C@H]2[C@@H]3OC(=O)O[C@]34C[C@H](OC(=O)[C@H](O[Si](C)(C)C(C)(C)C)[C@@H](NC(=O)c3ccccc3)c3ccccc3)C(C)=C([C@@H](OC(C)=O)C(=O)[C@]12C)C4(C)C. The molecule has 0 aromatic heterocycles. The third-order valence-corrected chi connectivity index (χ3v) is 27.6. The maximum Gasteiger partial charge on any atom is 0.509 e. The second-order valence-electron chi connectivity index (χ2n) is 21.6. The lowest BCUT2D eigenvalue weighted by Gasteiger charge is -2.66. The van der Waals surface area contributed by atoms with Gasteiger partial charge in [0.1, 0.15) is 6.10 Å². The molecule has 1 spiro atoms. The average Bonchev–Trinajstić information content (AvgIpc) is 3.60. The van der Waals surface area contributed by atoms with Crippen LogP contribution in [0.15, 0.2) is 71.8 Å². The number of rotatable bonds is 14. The molecule has 4 fully saturated rings. The highest BCUT2D eigenvalue weighted by Crippen LogP contribution is 2.68. The standard InChI is InChI=1S/C51H71NO12SSi2/c1-14-67(15-2,16-3)63-35-27-36-50(58,29-65-36)41-43-51(62-46(57)61-43)28-34(30(4)37(48(51,9)10)39(59-31(5)53)42(54)49(35,41)11)60-45(56)40(64-66(12,13)47(6,7)8)38(32-23-19-17-20-24-32)52-44(55)33-25-21-18-22-26-33/h17-26,34-36,38-41,43,58H,14-16,27-29H2,1-13H3,(H,52,55)/t34-,35-,36+,38-,39+,40+,41-,43-,49+,50-,51+/m0/s1. The molecule has 1 amide bonds. The van der Waals surface area contributed by atoms with Crippen LogP contribution in [0, 0.1) is 16.7 Å². The number of carbonyl (C=O) groups excluding carboxylic acids is 5. The maximum absolute atomic E-state index is 16.1. The number of ether oxygens (including phenoxy) is 4. The Morgan fingerprint density at radius 1 is 0.940 bits per heavy atom. The number of nitrogens with one attached hydrogen (secondary N) is 1. The van der Waals surface area contributed by atoms with E-state index in [1.165, 1.54) is 6.92 Å². The Balaban J connectivity index is 1.41. The van der Waals surface area contributed by atoms with Crippen molar-refractivity contribution >= 4 is 58.2 Å². The molecule has 11 atom stereocenters. The molecule has 2 heterocycles. The summed E-state index contributed by atoms with van der Waals surface area (Å²) in [6.07, 6.45) is -6.79. The third kappa shape index (κ3) is 8.46. The molecule has 0 radical (unpaired) electrons. The van der Waals surface area contributed by atoms with Crippen LogP contribution >= 0.6 is 11.8 Å². The van der Waals surface area contributed by atoms with Crippen LogP contribution in [0.25, 0.3) is 0 Å². The van der Waals surface area contributed by atoms with Gasteiger partial charge in [-0.3, -0.25) is 14.4 Å². The highest BCUT2D eigenvalue weighted by molar-refractivity contribution is 8.01. The molecule has 2 saturated heterocycles. The molecule has 0 unspecified atom stereocenters. The summed E-state index contributed by atoms with van der Waals surface area (Å²) in [4.78, 5) is 73.0. The number of benzene rings is 2. The smallest absolute Gasteiger partial charge is 0.456 e.